The third-order valence-electron chi connectivity index (χ3n) is 7.35. The second-order valence-corrected chi connectivity index (χ2v) is 11.1. The van der Waals surface area contributed by atoms with Crippen LogP contribution in [0.5, 0.6) is 0 Å². The van der Waals surface area contributed by atoms with Gasteiger partial charge in [-0.2, -0.15) is 0 Å². The van der Waals surface area contributed by atoms with Crippen LogP contribution in [0.1, 0.15) is 64.2 Å². The van der Waals surface area contributed by atoms with E-state index < -0.39 is 28.0 Å². The van der Waals surface area contributed by atoms with Gasteiger partial charge in [-0.3, -0.25) is 19.7 Å². The second-order valence-electron chi connectivity index (χ2n) is 11.1. The van der Waals surface area contributed by atoms with E-state index in [4.69, 9.17) is 14.5 Å². The average molecular weight is 535 g/mol. The van der Waals surface area contributed by atoms with Crippen molar-refractivity contribution in [2.75, 3.05) is 11.9 Å². The molecule has 4 heterocycles. The molecule has 2 aliphatic heterocycles. The number of non-ortho nitro benzene ring substituents is 1. The van der Waals surface area contributed by atoms with Crippen LogP contribution in [-0.2, 0) is 37.8 Å². The molecule has 5 rings (SSSR count). The summed E-state index contributed by atoms with van der Waals surface area (Å²) in [5.41, 5.74) is 0.843. The fraction of sp³-hybridized carbons (Fsp3) is 0.429. The smallest absolute Gasteiger partial charge is 0.355 e. The van der Waals surface area contributed by atoms with Crippen LogP contribution in [0.3, 0.4) is 0 Å². The standard InChI is InChI=1S/C28H30N4O7/c1-6-28(39-15(2)33)18-12-21-23-16(13-31(21)25(34)17(18)14-38-26(28)35)24(29-11-10-27(3,4)5)22-19(30-23)8-7-9-20(22)32(36)37/h7-9,12H,6,10-11,13-14H2,1-5H3,(H,29,30)/t28-/m0/s1. The summed E-state index contributed by atoms with van der Waals surface area (Å²) in [6, 6.07) is 6.39. The maximum Gasteiger partial charge on any atom is 0.355 e. The molecular formula is C28H30N4O7. The molecule has 3 aromatic rings. The normalized spacial score (nSPS) is 17.7. The number of esters is 2. The highest BCUT2D eigenvalue weighted by molar-refractivity contribution is 6.03. The van der Waals surface area contributed by atoms with Crippen molar-refractivity contribution in [3.8, 4) is 11.4 Å². The molecule has 1 atom stereocenters. The van der Waals surface area contributed by atoms with Crippen LogP contribution in [0.2, 0.25) is 0 Å². The van der Waals surface area contributed by atoms with E-state index in [1.54, 1.807) is 25.1 Å². The molecule has 1 aromatic carbocycles. The van der Waals surface area contributed by atoms with E-state index in [9.17, 15) is 24.5 Å². The zero-order valence-electron chi connectivity index (χ0n) is 22.5. The first-order valence-electron chi connectivity index (χ1n) is 12.9. The Labute approximate surface area is 224 Å². The van der Waals surface area contributed by atoms with Crippen LogP contribution >= 0.6 is 0 Å². The number of hydrogen-bond acceptors (Lipinski definition) is 9. The zero-order valence-corrected chi connectivity index (χ0v) is 22.5. The van der Waals surface area contributed by atoms with Crippen molar-refractivity contribution in [3.63, 3.8) is 0 Å². The largest absolute Gasteiger partial charge is 0.457 e. The Balaban J connectivity index is 1.77. The molecule has 0 bridgehead atoms. The lowest BCUT2D eigenvalue weighted by atomic mass is 9.85. The summed E-state index contributed by atoms with van der Waals surface area (Å²) < 4.78 is 12.4. The van der Waals surface area contributed by atoms with Gasteiger partial charge in [-0.1, -0.05) is 33.8 Å². The molecule has 0 spiro atoms. The quantitative estimate of drug-likeness (QED) is 0.216. The van der Waals surface area contributed by atoms with Crippen molar-refractivity contribution < 1.29 is 24.0 Å². The molecule has 1 N–H and O–H groups in total. The molecule has 2 aromatic heterocycles. The highest BCUT2D eigenvalue weighted by atomic mass is 16.6. The van der Waals surface area contributed by atoms with Gasteiger partial charge in [-0.15, -0.1) is 0 Å². The van der Waals surface area contributed by atoms with Crippen molar-refractivity contribution in [2.45, 2.75) is 66.2 Å². The molecule has 0 unspecified atom stereocenters. The Hall–Kier alpha value is -4.28. The number of nitrogens with zero attached hydrogens (tertiary/aromatic N) is 3. The molecule has 39 heavy (non-hydrogen) atoms. The van der Waals surface area contributed by atoms with E-state index >= 15 is 0 Å². The van der Waals surface area contributed by atoms with Gasteiger partial charge in [-0.05, 0) is 30.4 Å². The predicted molar refractivity (Wildman–Crippen MR) is 143 cm³/mol. The summed E-state index contributed by atoms with van der Waals surface area (Å²) >= 11 is 0. The Morgan fingerprint density at radius 2 is 2.03 bits per heavy atom. The lowest BCUT2D eigenvalue weighted by Crippen LogP contribution is -2.47. The highest BCUT2D eigenvalue weighted by Gasteiger charge is 2.50. The van der Waals surface area contributed by atoms with Crippen molar-refractivity contribution >= 4 is 34.2 Å². The number of ether oxygens (including phenoxy) is 2. The minimum absolute atomic E-state index is 0.0244. The number of carbonyl (C=O) groups excluding carboxylic acids is 2. The number of nitro groups is 1. The summed E-state index contributed by atoms with van der Waals surface area (Å²) in [5.74, 6) is -1.41. The van der Waals surface area contributed by atoms with Crippen molar-refractivity contribution in [2.24, 2.45) is 5.41 Å². The van der Waals surface area contributed by atoms with Gasteiger partial charge in [0, 0.05) is 30.7 Å². The van der Waals surface area contributed by atoms with Gasteiger partial charge in [0.05, 0.1) is 39.6 Å². The fourth-order valence-corrected chi connectivity index (χ4v) is 5.42. The number of nitrogens with one attached hydrogen (secondary N) is 1. The Morgan fingerprint density at radius 3 is 2.67 bits per heavy atom. The lowest BCUT2D eigenvalue weighted by molar-refractivity contribution is -0.383. The number of benzene rings is 1. The maximum atomic E-state index is 13.8. The van der Waals surface area contributed by atoms with Gasteiger partial charge in [0.2, 0.25) is 5.60 Å². The topological polar surface area (TPSA) is 143 Å². The average Bonchev–Trinajstić information content (AvgIpc) is 3.23. The monoisotopic (exact) mass is 534 g/mol. The number of carbonyl (C=O) groups is 2. The summed E-state index contributed by atoms with van der Waals surface area (Å²) in [5, 5.41) is 15.8. The summed E-state index contributed by atoms with van der Waals surface area (Å²) in [6.45, 7) is 9.64. The molecule has 0 saturated heterocycles. The Morgan fingerprint density at radius 1 is 1.28 bits per heavy atom. The number of pyridine rings is 2. The van der Waals surface area contributed by atoms with Crippen LogP contribution in [0.4, 0.5) is 11.4 Å². The highest BCUT2D eigenvalue weighted by Crippen LogP contribution is 2.44. The second kappa shape index (κ2) is 9.18. The van der Waals surface area contributed by atoms with Gasteiger partial charge < -0.3 is 19.4 Å². The molecule has 2 aliphatic rings. The third kappa shape index (κ3) is 4.21. The molecule has 11 nitrogen and oxygen atoms in total. The van der Waals surface area contributed by atoms with Crippen LogP contribution in [0.15, 0.2) is 29.1 Å². The van der Waals surface area contributed by atoms with Crippen molar-refractivity contribution in [3.05, 3.63) is 61.4 Å². The summed E-state index contributed by atoms with van der Waals surface area (Å²) in [6.07, 6.45) is 0.874. The van der Waals surface area contributed by atoms with E-state index in [1.807, 2.05) is 0 Å². The SMILES string of the molecule is CC[C@@]1(OC(C)=O)C(=O)OCc2c1cc1n(c2=O)Cc2c-1nc1cccc([N+](=O)[O-])c1c2NCCC(C)(C)C. The van der Waals surface area contributed by atoms with E-state index in [0.717, 1.165) is 6.42 Å². The van der Waals surface area contributed by atoms with Crippen molar-refractivity contribution in [1.29, 1.82) is 0 Å². The number of aromatic nitrogens is 2. The number of hydrogen-bond donors (Lipinski definition) is 1. The number of anilines is 1. The van der Waals surface area contributed by atoms with Crippen LogP contribution < -0.4 is 10.9 Å². The van der Waals surface area contributed by atoms with Crippen LogP contribution in [0, 0.1) is 15.5 Å². The first-order chi connectivity index (χ1) is 18.4. The van der Waals surface area contributed by atoms with Gasteiger partial charge in [-0.25, -0.2) is 9.78 Å². The minimum atomic E-state index is -1.75. The lowest BCUT2D eigenvalue weighted by Gasteiger charge is -2.35. The predicted octanol–water partition coefficient (Wildman–Crippen LogP) is 4.41. The number of cyclic esters (lactones) is 1. The number of rotatable bonds is 6. The van der Waals surface area contributed by atoms with E-state index in [-0.39, 0.29) is 41.8 Å². The zero-order chi connectivity index (χ0) is 28.3. The van der Waals surface area contributed by atoms with Gasteiger partial charge in [0.25, 0.3) is 11.2 Å². The van der Waals surface area contributed by atoms with Crippen molar-refractivity contribution in [1.82, 2.24) is 9.55 Å². The molecule has 0 amide bonds. The minimum Gasteiger partial charge on any atom is -0.457 e. The molecule has 0 fully saturated rings. The first-order valence-corrected chi connectivity index (χ1v) is 12.9. The van der Waals surface area contributed by atoms with Crippen LogP contribution in [0.25, 0.3) is 22.3 Å². The molecule has 0 saturated carbocycles. The molecule has 0 aliphatic carbocycles. The number of fused-ring (bicyclic) bond motifs is 5. The van der Waals surface area contributed by atoms with E-state index in [0.29, 0.717) is 40.1 Å². The molecule has 0 radical (unpaired) electrons. The number of nitro benzene ring substituents is 1. The third-order valence-corrected chi connectivity index (χ3v) is 7.35. The van der Waals surface area contributed by atoms with Gasteiger partial charge in [0.15, 0.2) is 0 Å². The van der Waals surface area contributed by atoms with Gasteiger partial charge >= 0.3 is 11.9 Å². The Kier molecular flexibility index (Phi) is 6.20. The summed E-state index contributed by atoms with van der Waals surface area (Å²) in [4.78, 5) is 55.0. The van der Waals surface area contributed by atoms with Gasteiger partial charge in [0.1, 0.15) is 12.0 Å². The molecule has 204 valence electrons. The van der Waals surface area contributed by atoms with E-state index in [2.05, 4.69) is 26.1 Å². The molecular weight excluding hydrogens is 504 g/mol. The molecule has 11 heteroatoms. The first kappa shape index (κ1) is 26.3. The fourth-order valence-electron chi connectivity index (χ4n) is 5.42. The maximum absolute atomic E-state index is 13.8. The van der Waals surface area contributed by atoms with E-state index in [1.165, 1.54) is 17.6 Å². The summed E-state index contributed by atoms with van der Waals surface area (Å²) in [7, 11) is 0. The Bertz CT molecular complexity index is 1620. The van der Waals surface area contributed by atoms with Crippen LogP contribution in [-0.4, -0.2) is 33.0 Å².